The van der Waals surface area contributed by atoms with E-state index in [-0.39, 0.29) is 12.6 Å². The number of aliphatic hydroxyl groups excluding tert-OH is 1. The van der Waals surface area contributed by atoms with Crippen molar-refractivity contribution in [2.45, 2.75) is 19.6 Å². The van der Waals surface area contributed by atoms with Crippen LogP contribution < -0.4 is 10.6 Å². The van der Waals surface area contributed by atoms with Gasteiger partial charge in [-0.05, 0) is 13.0 Å². The van der Waals surface area contributed by atoms with Gasteiger partial charge in [-0.2, -0.15) is 0 Å². The first-order valence-electron chi connectivity index (χ1n) is 6.41. The number of aliphatic hydroxyl groups is 1. The van der Waals surface area contributed by atoms with Crippen molar-refractivity contribution in [2.24, 2.45) is 0 Å². The largest absolute Gasteiger partial charge is 0.387 e. The van der Waals surface area contributed by atoms with E-state index < -0.39 is 6.10 Å². The number of amides is 2. The SMILES string of the molecule is Cc1ncc(CNC(=O)NCC(O)c2ccccc2Cl)s1. The molecule has 112 valence electrons. The van der Waals surface area contributed by atoms with Gasteiger partial charge in [0.15, 0.2) is 0 Å². The average Bonchev–Trinajstić information content (AvgIpc) is 2.89. The summed E-state index contributed by atoms with van der Waals surface area (Å²) in [6.07, 6.45) is 0.897. The van der Waals surface area contributed by atoms with Gasteiger partial charge in [-0.15, -0.1) is 11.3 Å². The topological polar surface area (TPSA) is 74.2 Å². The van der Waals surface area contributed by atoms with Crippen LogP contribution in [0.3, 0.4) is 0 Å². The van der Waals surface area contributed by atoms with Crippen LogP contribution in [0.1, 0.15) is 21.6 Å². The number of hydrogen-bond donors (Lipinski definition) is 3. The Hall–Kier alpha value is -1.63. The Balaban J connectivity index is 1.77. The summed E-state index contributed by atoms with van der Waals surface area (Å²) in [5, 5.41) is 16.8. The van der Waals surface area contributed by atoms with Crippen molar-refractivity contribution in [3.05, 3.63) is 50.9 Å². The number of aromatic nitrogens is 1. The number of urea groups is 1. The molecule has 0 radical (unpaired) electrons. The third-order valence-electron chi connectivity index (χ3n) is 2.81. The molecule has 0 spiro atoms. The highest BCUT2D eigenvalue weighted by Crippen LogP contribution is 2.21. The lowest BCUT2D eigenvalue weighted by atomic mass is 10.1. The number of halogens is 1. The summed E-state index contributed by atoms with van der Waals surface area (Å²) in [6.45, 7) is 2.42. The van der Waals surface area contributed by atoms with Crippen molar-refractivity contribution < 1.29 is 9.90 Å². The molecule has 1 unspecified atom stereocenters. The highest BCUT2D eigenvalue weighted by Gasteiger charge is 2.12. The quantitative estimate of drug-likeness (QED) is 0.791. The molecule has 0 aliphatic rings. The zero-order valence-electron chi connectivity index (χ0n) is 11.5. The van der Waals surface area contributed by atoms with E-state index in [0.29, 0.717) is 17.1 Å². The summed E-state index contributed by atoms with van der Waals surface area (Å²) < 4.78 is 0. The maximum Gasteiger partial charge on any atom is 0.315 e. The van der Waals surface area contributed by atoms with Crippen molar-refractivity contribution in [3.63, 3.8) is 0 Å². The lowest BCUT2D eigenvalue weighted by molar-refractivity contribution is 0.173. The van der Waals surface area contributed by atoms with Crippen LogP contribution in [0.4, 0.5) is 4.79 Å². The molecule has 0 fully saturated rings. The Morgan fingerprint density at radius 1 is 1.43 bits per heavy atom. The van der Waals surface area contributed by atoms with Gasteiger partial charge >= 0.3 is 6.03 Å². The number of thiazole rings is 1. The lowest BCUT2D eigenvalue weighted by Crippen LogP contribution is -2.37. The molecule has 2 aromatic rings. The molecule has 2 amide bonds. The van der Waals surface area contributed by atoms with Gasteiger partial charge in [-0.25, -0.2) is 9.78 Å². The van der Waals surface area contributed by atoms with Crippen LogP contribution in [0.5, 0.6) is 0 Å². The Bertz CT molecular complexity index is 618. The smallest absolute Gasteiger partial charge is 0.315 e. The highest BCUT2D eigenvalue weighted by atomic mass is 35.5. The van der Waals surface area contributed by atoms with Gasteiger partial charge < -0.3 is 15.7 Å². The van der Waals surface area contributed by atoms with Crippen LogP contribution in [0.2, 0.25) is 5.02 Å². The van der Waals surface area contributed by atoms with Gasteiger partial charge in [0.2, 0.25) is 0 Å². The zero-order valence-corrected chi connectivity index (χ0v) is 13.0. The molecule has 2 rings (SSSR count). The minimum atomic E-state index is -0.838. The minimum Gasteiger partial charge on any atom is -0.387 e. The second-order valence-corrected chi connectivity index (χ2v) is 6.17. The van der Waals surface area contributed by atoms with Crippen LogP contribution in [0, 0.1) is 6.92 Å². The van der Waals surface area contributed by atoms with Gasteiger partial charge in [0.1, 0.15) is 0 Å². The molecule has 21 heavy (non-hydrogen) atoms. The first-order chi connectivity index (χ1) is 10.1. The number of nitrogens with one attached hydrogen (secondary N) is 2. The molecule has 0 aliphatic carbocycles. The predicted molar refractivity (Wildman–Crippen MR) is 83.5 cm³/mol. The lowest BCUT2D eigenvalue weighted by Gasteiger charge is -2.13. The molecule has 0 aliphatic heterocycles. The van der Waals surface area contributed by atoms with Crippen LogP contribution >= 0.6 is 22.9 Å². The molecule has 0 bridgehead atoms. The van der Waals surface area contributed by atoms with E-state index in [1.54, 1.807) is 30.5 Å². The monoisotopic (exact) mass is 325 g/mol. The van der Waals surface area contributed by atoms with E-state index in [0.717, 1.165) is 9.88 Å². The standard InChI is InChI=1S/C14H16ClN3O2S/c1-9-16-6-10(21-9)7-17-14(20)18-8-13(19)11-4-2-3-5-12(11)15/h2-6,13,19H,7-8H2,1H3,(H2,17,18,20). The normalized spacial score (nSPS) is 12.0. The first kappa shape index (κ1) is 15.8. The molecular weight excluding hydrogens is 310 g/mol. The van der Waals surface area contributed by atoms with E-state index in [9.17, 15) is 9.90 Å². The first-order valence-corrected chi connectivity index (χ1v) is 7.61. The highest BCUT2D eigenvalue weighted by molar-refractivity contribution is 7.11. The van der Waals surface area contributed by atoms with Crippen molar-refractivity contribution >= 4 is 29.0 Å². The Morgan fingerprint density at radius 2 is 2.19 bits per heavy atom. The maximum atomic E-state index is 11.7. The summed E-state index contributed by atoms with van der Waals surface area (Å²) in [5.41, 5.74) is 0.595. The Kier molecular flexibility index (Phi) is 5.55. The predicted octanol–water partition coefficient (Wildman–Crippen LogP) is 2.64. The van der Waals surface area contributed by atoms with E-state index in [1.165, 1.54) is 11.3 Å². The number of benzene rings is 1. The van der Waals surface area contributed by atoms with Crippen molar-refractivity contribution in [3.8, 4) is 0 Å². The Morgan fingerprint density at radius 3 is 2.86 bits per heavy atom. The van der Waals surface area contributed by atoms with Gasteiger partial charge in [0.05, 0.1) is 17.7 Å². The van der Waals surface area contributed by atoms with E-state index in [1.807, 2.05) is 6.92 Å². The van der Waals surface area contributed by atoms with E-state index in [4.69, 9.17) is 11.6 Å². The second-order valence-electron chi connectivity index (χ2n) is 4.45. The number of carbonyl (C=O) groups excluding carboxylic acids is 1. The van der Waals surface area contributed by atoms with Gasteiger partial charge in [-0.3, -0.25) is 0 Å². The summed E-state index contributed by atoms with van der Waals surface area (Å²) in [6, 6.07) is 6.66. The fraction of sp³-hybridized carbons (Fsp3) is 0.286. The molecule has 1 atom stereocenters. The van der Waals surface area contributed by atoms with E-state index in [2.05, 4.69) is 15.6 Å². The number of carbonyl (C=O) groups is 1. The van der Waals surface area contributed by atoms with Crippen molar-refractivity contribution in [1.82, 2.24) is 15.6 Å². The average molecular weight is 326 g/mol. The van der Waals surface area contributed by atoms with Gasteiger partial charge in [-0.1, -0.05) is 29.8 Å². The van der Waals surface area contributed by atoms with Crippen molar-refractivity contribution in [2.75, 3.05) is 6.54 Å². The number of rotatable bonds is 5. The zero-order chi connectivity index (χ0) is 15.2. The summed E-state index contributed by atoms with van der Waals surface area (Å²) in [4.78, 5) is 16.8. The summed E-state index contributed by atoms with van der Waals surface area (Å²) >= 11 is 7.52. The number of aryl methyl sites for hydroxylation is 1. The summed E-state index contributed by atoms with van der Waals surface area (Å²) in [7, 11) is 0. The fourth-order valence-corrected chi connectivity index (χ4v) is 2.76. The summed E-state index contributed by atoms with van der Waals surface area (Å²) in [5.74, 6) is 0. The molecule has 1 heterocycles. The van der Waals surface area contributed by atoms with E-state index >= 15 is 0 Å². The molecule has 3 N–H and O–H groups in total. The minimum absolute atomic E-state index is 0.0945. The maximum absolute atomic E-state index is 11.7. The molecule has 1 aromatic carbocycles. The van der Waals surface area contributed by atoms with Crippen LogP contribution in [-0.4, -0.2) is 22.7 Å². The van der Waals surface area contributed by atoms with Crippen LogP contribution in [-0.2, 0) is 6.54 Å². The third kappa shape index (κ3) is 4.70. The molecule has 0 saturated carbocycles. The van der Waals surface area contributed by atoms with Gasteiger partial charge in [0, 0.05) is 28.2 Å². The fourth-order valence-electron chi connectivity index (χ4n) is 1.76. The molecule has 5 nitrogen and oxygen atoms in total. The third-order valence-corrected chi connectivity index (χ3v) is 4.07. The van der Waals surface area contributed by atoms with Crippen LogP contribution in [0.15, 0.2) is 30.5 Å². The molecule has 1 aromatic heterocycles. The van der Waals surface area contributed by atoms with Crippen molar-refractivity contribution in [1.29, 1.82) is 0 Å². The number of hydrogen-bond acceptors (Lipinski definition) is 4. The Labute approximate surface area is 132 Å². The molecule has 0 saturated heterocycles. The molecular formula is C14H16ClN3O2S. The van der Waals surface area contributed by atoms with Crippen LogP contribution in [0.25, 0.3) is 0 Å². The van der Waals surface area contributed by atoms with Gasteiger partial charge in [0.25, 0.3) is 0 Å². The number of nitrogens with zero attached hydrogens (tertiary/aromatic N) is 1. The second kappa shape index (κ2) is 7.40. The molecule has 7 heteroatoms.